The highest BCUT2D eigenvalue weighted by molar-refractivity contribution is 5.76. The van der Waals surface area contributed by atoms with Gasteiger partial charge in [-0.15, -0.1) is 0 Å². The molecule has 98 valence electrons. The largest absolute Gasteiger partial charge is 0.468 e. The van der Waals surface area contributed by atoms with E-state index in [-0.39, 0.29) is 24.2 Å². The van der Waals surface area contributed by atoms with Crippen molar-refractivity contribution in [3.05, 3.63) is 0 Å². The molecule has 0 aromatic heterocycles. The van der Waals surface area contributed by atoms with Crippen LogP contribution in [0.3, 0.4) is 0 Å². The first kappa shape index (κ1) is 12.8. The van der Waals surface area contributed by atoms with E-state index >= 15 is 0 Å². The molecule has 0 amide bonds. The molecule has 17 heavy (non-hydrogen) atoms. The summed E-state index contributed by atoms with van der Waals surface area (Å²) in [6.07, 6.45) is 2.33. The summed E-state index contributed by atoms with van der Waals surface area (Å²) < 4.78 is 15.7. The molecule has 1 saturated heterocycles. The van der Waals surface area contributed by atoms with E-state index in [0.717, 1.165) is 25.9 Å². The molecule has 2 fully saturated rings. The molecule has 1 saturated carbocycles. The zero-order valence-corrected chi connectivity index (χ0v) is 10.7. The quantitative estimate of drug-likeness (QED) is 0.649. The number of hydrogen-bond acceptors (Lipinski definition) is 5. The van der Waals surface area contributed by atoms with Crippen molar-refractivity contribution in [2.24, 2.45) is 5.92 Å². The van der Waals surface area contributed by atoms with Crippen LogP contribution in [0.1, 0.15) is 12.8 Å². The summed E-state index contributed by atoms with van der Waals surface area (Å²) in [6.45, 7) is 1.48. The van der Waals surface area contributed by atoms with Crippen LogP contribution in [0.2, 0.25) is 0 Å². The summed E-state index contributed by atoms with van der Waals surface area (Å²) in [5.74, 6) is 0.328. The van der Waals surface area contributed by atoms with Crippen molar-refractivity contribution in [1.82, 2.24) is 4.90 Å². The lowest BCUT2D eigenvalue weighted by Crippen LogP contribution is -2.43. The number of carbonyl (C=O) groups is 1. The topological polar surface area (TPSA) is 48.0 Å². The average Bonchev–Trinajstić information content (AvgIpc) is 3.08. The van der Waals surface area contributed by atoms with Crippen LogP contribution in [0.5, 0.6) is 0 Å². The second-order valence-electron chi connectivity index (χ2n) is 4.81. The van der Waals surface area contributed by atoms with Crippen molar-refractivity contribution >= 4 is 5.97 Å². The monoisotopic (exact) mass is 243 g/mol. The van der Waals surface area contributed by atoms with Crippen LogP contribution in [0.25, 0.3) is 0 Å². The highest BCUT2D eigenvalue weighted by Crippen LogP contribution is 2.37. The zero-order valence-electron chi connectivity index (χ0n) is 10.7. The average molecular weight is 243 g/mol. The normalized spacial score (nSPS) is 31.5. The van der Waals surface area contributed by atoms with Gasteiger partial charge >= 0.3 is 5.97 Å². The van der Waals surface area contributed by atoms with Gasteiger partial charge in [0.15, 0.2) is 0 Å². The molecule has 0 spiro atoms. The number of likely N-dealkylation sites (tertiary alicyclic amines) is 1. The fraction of sp³-hybridized carbons (Fsp3) is 0.917. The van der Waals surface area contributed by atoms with Gasteiger partial charge in [-0.3, -0.25) is 9.69 Å². The maximum absolute atomic E-state index is 11.8. The lowest BCUT2D eigenvalue weighted by atomic mass is 10.1. The van der Waals surface area contributed by atoms with E-state index in [4.69, 9.17) is 14.2 Å². The van der Waals surface area contributed by atoms with Crippen LogP contribution in [-0.2, 0) is 19.0 Å². The number of carbonyl (C=O) groups excluding carboxylic acids is 1. The molecule has 2 rings (SSSR count). The van der Waals surface area contributed by atoms with Crippen molar-refractivity contribution in [1.29, 1.82) is 0 Å². The minimum Gasteiger partial charge on any atom is -0.468 e. The van der Waals surface area contributed by atoms with Crippen LogP contribution in [0.4, 0.5) is 0 Å². The summed E-state index contributed by atoms with van der Waals surface area (Å²) in [7, 11) is 4.82. The van der Waals surface area contributed by atoms with E-state index in [9.17, 15) is 4.79 Å². The maximum Gasteiger partial charge on any atom is 0.323 e. The van der Waals surface area contributed by atoms with Gasteiger partial charge < -0.3 is 14.2 Å². The van der Waals surface area contributed by atoms with E-state index < -0.39 is 0 Å². The smallest absolute Gasteiger partial charge is 0.323 e. The molecule has 5 heteroatoms. The van der Waals surface area contributed by atoms with Gasteiger partial charge in [0.2, 0.25) is 0 Å². The Kier molecular flexibility index (Phi) is 4.01. The Balaban J connectivity index is 2.03. The molecule has 0 aromatic carbocycles. The minimum absolute atomic E-state index is 0.0471. The molecular weight excluding hydrogens is 222 g/mol. The third-order valence-electron chi connectivity index (χ3n) is 3.75. The van der Waals surface area contributed by atoms with Crippen molar-refractivity contribution in [2.75, 3.05) is 34.4 Å². The third kappa shape index (κ3) is 2.61. The molecule has 1 heterocycles. The molecule has 3 unspecified atom stereocenters. The second kappa shape index (κ2) is 5.33. The minimum atomic E-state index is -0.126. The van der Waals surface area contributed by atoms with E-state index in [1.54, 1.807) is 14.2 Å². The van der Waals surface area contributed by atoms with Gasteiger partial charge in [0, 0.05) is 27.3 Å². The molecule has 0 N–H and O–H groups in total. The van der Waals surface area contributed by atoms with E-state index in [1.807, 2.05) is 0 Å². The van der Waals surface area contributed by atoms with Gasteiger partial charge in [-0.1, -0.05) is 0 Å². The standard InChI is InChI=1S/C12H21NO4/c1-15-9-6-13(7-10(9)16-2)11(8-4-5-8)12(14)17-3/h8-11H,4-7H2,1-3H3. The van der Waals surface area contributed by atoms with Crippen LogP contribution in [0, 0.1) is 5.92 Å². The second-order valence-corrected chi connectivity index (χ2v) is 4.81. The van der Waals surface area contributed by atoms with Gasteiger partial charge in [-0.05, 0) is 18.8 Å². The van der Waals surface area contributed by atoms with Gasteiger partial charge in [0.1, 0.15) is 6.04 Å². The van der Waals surface area contributed by atoms with E-state index in [0.29, 0.717) is 5.92 Å². The molecule has 1 aliphatic carbocycles. The van der Waals surface area contributed by atoms with Gasteiger partial charge in [-0.25, -0.2) is 0 Å². The SMILES string of the molecule is COC(=O)C(C1CC1)N1CC(OC)C(OC)C1. The van der Waals surface area contributed by atoms with Gasteiger partial charge in [0.25, 0.3) is 0 Å². The molecule has 3 atom stereocenters. The maximum atomic E-state index is 11.8. The zero-order chi connectivity index (χ0) is 12.4. The molecule has 0 radical (unpaired) electrons. The van der Waals surface area contributed by atoms with Crippen molar-refractivity contribution in [2.45, 2.75) is 31.1 Å². The lowest BCUT2D eigenvalue weighted by Gasteiger charge is -2.25. The van der Waals surface area contributed by atoms with Crippen LogP contribution >= 0.6 is 0 Å². The van der Waals surface area contributed by atoms with Crippen LogP contribution in [0.15, 0.2) is 0 Å². The molecule has 1 aliphatic heterocycles. The fourth-order valence-electron chi connectivity index (χ4n) is 2.62. The number of nitrogens with zero attached hydrogens (tertiary/aromatic N) is 1. The highest BCUT2D eigenvalue weighted by atomic mass is 16.5. The number of ether oxygens (including phenoxy) is 3. The summed E-state index contributed by atoms with van der Waals surface area (Å²) in [6, 6.07) is -0.113. The van der Waals surface area contributed by atoms with Crippen LogP contribution in [-0.4, -0.2) is 63.5 Å². The van der Waals surface area contributed by atoms with Gasteiger partial charge in [-0.2, -0.15) is 0 Å². The fourth-order valence-corrected chi connectivity index (χ4v) is 2.62. The summed E-state index contributed by atoms with van der Waals surface area (Å²) in [4.78, 5) is 14.0. The Morgan fingerprint density at radius 2 is 1.65 bits per heavy atom. The van der Waals surface area contributed by atoms with Crippen molar-refractivity contribution < 1.29 is 19.0 Å². The summed E-state index contributed by atoms with van der Waals surface area (Å²) in [5, 5.41) is 0. The molecule has 0 bridgehead atoms. The Bertz CT molecular complexity index is 268. The summed E-state index contributed by atoms with van der Waals surface area (Å²) >= 11 is 0. The number of esters is 1. The molecule has 0 aromatic rings. The van der Waals surface area contributed by atoms with Crippen LogP contribution < -0.4 is 0 Å². The first-order valence-electron chi connectivity index (χ1n) is 6.08. The van der Waals surface area contributed by atoms with E-state index in [2.05, 4.69) is 4.90 Å². The van der Waals surface area contributed by atoms with E-state index in [1.165, 1.54) is 7.11 Å². The predicted octanol–water partition coefficient (Wildman–Crippen LogP) is 0.284. The first-order valence-corrected chi connectivity index (χ1v) is 6.08. The number of rotatable bonds is 5. The molecule has 2 aliphatic rings. The predicted molar refractivity (Wildman–Crippen MR) is 61.7 cm³/mol. The molecular formula is C12H21NO4. The lowest BCUT2D eigenvalue weighted by molar-refractivity contribution is -0.147. The molecule has 5 nitrogen and oxygen atoms in total. The van der Waals surface area contributed by atoms with Crippen molar-refractivity contribution in [3.63, 3.8) is 0 Å². The Morgan fingerprint density at radius 3 is 2.00 bits per heavy atom. The Morgan fingerprint density at radius 1 is 1.12 bits per heavy atom. The van der Waals surface area contributed by atoms with Gasteiger partial charge in [0.05, 0.1) is 19.3 Å². The first-order chi connectivity index (χ1) is 8.21. The number of hydrogen-bond donors (Lipinski definition) is 0. The summed E-state index contributed by atoms with van der Waals surface area (Å²) in [5.41, 5.74) is 0. The highest BCUT2D eigenvalue weighted by Gasteiger charge is 2.46. The van der Waals surface area contributed by atoms with Crippen molar-refractivity contribution in [3.8, 4) is 0 Å². The Labute approximate surface area is 102 Å². The number of methoxy groups -OCH3 is 3. The third-order valence-corrected chi connectivity index (χ3v) is 3.75. The Hall–Kier alpha value is -0.650.